The van der Waals surface area contributed by atoms with Gasteiger partial charge in [-0.3, -0.25) is 9.78 Å². The van der Waals surface area contributed by atoms with Gasteiger partial charge in [0.15, 0.2) is 0 Å². The van der Waals surface area contributed by atoms with Gasteiger partial charge in [0.25, 0.3) is 5.91 Å². The molecule has 0 aliphatic carbocycles. The average Bonchev–Trinajstić information content (AvgIpc) is 2.60. The minimum Gasteiger partial charge on any atom is -0.390 e. The summed E-state index contributed by atoms with van der Waals surface area (Å²) in [5.41, 5.74) is 2.17. The lowest BCUT2D eigenvalue weighted by atomic mass is 9.98. The summed E-state index contributed by atoms with van der Waals surface area (Å²) in [6.07, 6.45) is 5.87. The number of carbonyl (C=O) groups excluding carboxylic acids is 1. The van der Waals surface area contributed by atoms with Crippen LogP contribution < -0.4 is 0 Å². The fraction of sp³-hybridized carbons (Fsp3) is 0.429. The third-order valence-corrected chi connectivity index (χ3v) is 4.47. The Morgan fingerprint density at radius 2 is 1.92 bits per heavy atom. The monoisotopic (exact) mass is 340 g/mol. The molecule has 2 aromatic rings. The van der Waals surface area contributed by atoms with Crippen LogP contribution in [-0.4, -0.2) is 33.5 Å². The highest BCUT2D eigenvalue weighted by Gasteiger charge is 2.21. The number of aliphatic hydroxyl groups is 1. The zero-order valence-electron chi connectivity index (χ0n) is 15.6. The predicted octanol–water partition coefficient (Wildman–Crippen LogP) is 4.01. The molecule has 1 amide bonds. The van der Waals surface area contributed by atoms with Gasteiger partial charge in [-0.25, -0.2) is 0 Å². The number of carbonyl (C=O) groups is 1. The number of nitrogens with zero attached hydrogens (tertiary/aromatic N) is 2. The highest BCUT2D eigenvalue weighted by atomic mass is 16.3. The van der Waals surface area contributed by atoms with Crippen LogP contribution in [0.15, 0.2) is 48.8 Å². The van der Waals surface area contributed by atoms with Crippen LogP contribution in [0.3, 0.4) is 0 Å². The Bertz CT molecular complexity index is 675. The summed E-state index contributed by atoms with van der Waals surface area (Å²) in [6, 6.07) is 11.6. The molecular formula is C21H28N2O2. The first-order chi connectivity index (χ1) is 11.8. The molecule has 0 fully saturated rings. The maximum Gasteiger partial charge on any atom is 0.254 e. The van der Waals surface area contributed by atoms with Gasteiger partial charge in [-0.05, 0) is 62.4 Å². The molecule has 4 nitrogen and oxygen atoms in total. The molecule has 0 aliphatic rings. The highest BCUT2D eigenvalue weighted by Crippen LogP contribution is 2.24. The molecule has 4 heteroatoms. The minimum absolute atomic E-state index is 0.00439. The second-order valence-corrected chi connectivity index (χ2v) is 7.14. The van der Waals surface area contributed by atoms with Gasteiger partial charge in [0.05, 0.1) is 11.6 Å². The van der Waals surface area contributed by atoms with Crippen LogP contribution in [0.1, 0.15) is 61.1 Å². The molecule has 1 unspecified atom stereocenters. The van der Waals surface area contributed by atoms with E-state index in [0.29, 0.717) is 12.0 Å². The number of rotatable bonds is 7. The third-order valence-electron chi connectivity index (χ3n) is 4.47. The van der Waals surface area contributed by atoms with Gasteiger partial charge in [-0.2, -0.15) is 0 Å². The number of hydrogen-bond acceptors (Lipinski definition) is 3. The van der Waals surface area contributed by atoms with Crippen molar-refractivity contribution in [2.45, 2.75) is 51.7 Å². The maximum absolute atomic E-state index is 12.8. The van der Waals surface area contributed by atoms with Gasteiger partial charge >= 0.3 is 0 Å². The topological polar surface area (TPSA) is 53.4 Å². The number of amides is 1. The Hall–Kier alpha value is -2.20. The van der Waals surface area contributed by atoms with E-state index in [0.717, 1.165) is 24.0 Å². The van der Waals surface area contributed by atoms with E-state index in [2.05, 4.69) is 11.9 Å². The standard InChI is InChI=1S/C21H28N2O2/c1-5-19(18-7-6-14-22-15-18)23(4)20(24)17-10-8-16(9-11-17)12-13-21(2,3)25/h6-11,14-15,19,25H,5,12-13H2,1-4H3. The van der Waals surface area contributed by atoms with E-state index < -0.39 is 5.60 Å². The quantitative estimate of drug-likeness (QED) is 0.828. The highest BCUT2D eigenvalue weighted by molar-refractivity contribution is 5.94. The molecule has 1 aromatic carbocycles. The molecule has 1 heterocycles. The van der Waals surface area contributed by atoms with Crippen LogP contribution in [0.2, 0.25) is 0 Å². The smallest absolute Gasteiger partial charge is 0.254 e. The number of pyridine rings is 1. The van der Waals surface area contributed by atoms with E-state index in [1.807, 2.05) is 63.5 Å². The van der Waals surface area contributed by atoms with Gasteiger partial charge in [-0.15, -0.1) is 0 Å². The van der Waals surface area contributed by atoms with E-state index in [4.69, 9.17) is 0 Å². The summed E-state index contributed by atoms with van der Waals surface area (Å²) < 4.78 is 0. The van der Waals surface area contributed by atoms with Crippen molar-refractivity contribution in [3.63, 3.8) is 0 Å². The van der Waals surface area contributed by atoms with E-state index in [9.17, 15) is 9.90 Å². The Morgan fingerprint density at radius 1 is 1.24 bits per heavy atom. The molecule has 0 radical (unpaired) electrons. The molecule has 25 heavy (non-hydrogen) atoms. The lowest BCUT2D eigenvalue weighted by Crippen LogP contribution is -2.31. The Balaban J connectivity index is 2.08. The molecule has 1 aromatic heterocycles. The summed E-state index contributed by atoms with van der Waals surface area (Å²) in [4.78, 5) is 18.8. The Kier molecular flexibility index (Phi) is 6.32. The Morgan fingerprint density at radius 3 is 2.44 bits per heavy atom. The average molecular weight is 340 g/mol. The molecule has 2 rings (SSSR count). The summed E-state index contributed by atoms with van der Waals surface area (Å²) in [5, 5.41) is 9.83. The summed E-state index contributed by atoms with van der Waals surface area (Å²) in [7, 11) is 1.84. The van der Waals surface area contributed by atoms with Crippen molar-refractivity contribution < 1.29 is 9.90 Å². The van der Waals surface area contributed by atoms with Crippen LogP contribution in [-0.2, 0) is 6.42 Å². The van der Waals surface area contributed by atoms with E-state index >= 15 is 0 Å². The second-order valence-electron chi connectivity index (χ2n) is 7.14. The molecule has 0 saturated heterocycles. The molecule has 0 bridgehead atoms. The molecular weight excluding hydrogens is 312 g/mol. The number of benzene rings is 1. The van der Waals surface area contributed by atoms with Crippen molar-refractivity contribution >= 4 is 5.91 Å². The SMILES string of the molecule is CCC(c1cccnc1)N(C)C(=O)c1ccc(CCC(C)(C)O)cc1. The van der Waals surface area contributed by atoms with E-state index in [-0.39, 0.29) is 11.9 Å². The molecule has 1 N–H and O–H groups in total. The van der Waals surface area contributed by atoms with Crippen LogP contribution in [0.4, 0.5) is 0 Å². The lowest BCUT2D eigenvalue weighted by molar-refractivity contribution is 0.0708. The molecule has 0 spiro atoms. The first-order valence-corrected chi connectivity index (χ1v) is 8.80. The first kappa shape index (κ1) is 19.1. The van der Waals surface area contributed by atoms with Crippen molar-refractivity contribution in [3.05, 3.63) is 65.5 Å². The van der Waals surface area contributed by atoms with Crippen molar-refractivity contribution in [3.8, 4) is 0 Å². The lowest BCUT2D eigenvalue weighted by Gasteiger charge is -2.27. The minimum atomic E-state index is -0.674. The fourth-order valence-corrected chi connectivity index (χ4v) is 2.92. The molecule has 1 atom stereocenters. The van der Waals surface area contributed by atoms with E-state index in [1.165, 1.54) is 0 Å². The number of aryl methyl sites for hydroxylation is 1. The number of hydrogen-bond donors (Lipinski definition) is 1. The zero-order chi connectivity index (χ0) is 18.4. The van der Waals surface area contributed by atoms with Crippen molar-refractivity contribution in [2.75, 3.05) is 7.05 Å². The van der Waals surface area contributed by atoms with Crippen molar-refractivity contribution in [1.82, 2.24) is 9.88 Å². The molecule has 0 saturated carbocycles. The Labute approximate surface area is 150 Å². The zero-order valence-corrected chi connectivity index (χ0v) is 15.6. The van der Waals surface area contributed by atoms with Crippen molar-refractivity contribution in [1.29, 1.82) is 0 Å². The van der Waals surface area contributed by atoms with E-state index in [1.54, 1.807) is 11.1 Å². The third kappa shape index (κ3) is 5.40. The van der Waals surface area contributed by atoms with Gasteiger partial charge in [0.2, 0.25) is 0 Å². The molecule has 134 valence electrons. The summed E-state index contributed by atoms with van der Waals surface area (Å²) >= 11 is 0. The first-order valence-electron chi connectivity index (χ1n) is 8.80. The van der Waals surface area contributed by atoms with Crippen molar-refractivity contribution in [2.24, 2.45) is 0 Å². The van der Waals surface area contributed by atoms with Crippen LogP contribution >= 0.6 is 0 Å². The summed E-state index contributed by atoms with van der Waals surface area (Å²) in [5.74, 6) is 0.00439. The van der Waals surface area contributed by atoms with Crippen LogP contribution in [0, 0.1) is 0 Å². The maximum atomic E-state index is 12.8. The van der Waals surface area contributed by atoms with Gasteiger partial charge < -0.3 is 10.0 Å². The van der Waals surface area contributed by atoms with Crippen LogP contribution in [0.25, 0.3) is 0 Å². The number of aromatic nitrogens is 1. The van der Waals surface area contributed by atoms with Crippen LogP contribution in [0.5, 0.6) is 0 Å². The van der Waals surface area contributed by atoms with Gasteiger partial charge in [-0.1, -0.05) is 25.1 Å². The van der Waals surface area contributed by atoms with Gasteiger partial charge in [0.1, 0.15) is 0 Å². The fourth-order valence-electron chi connectivity index (χ4n) is 2.92. The summed E-state index contributed by atoms with van der Waals surface area (Å²) in [6.45, 7) is 5.69. The van der Waals surface area contributed by atoms with Gasteiger partial charge in [0, 0.05) is 25.0 Å². The normalized spacial score (nSPS) is 12.7. The molecule has 0 aliphatic heterocycles. The largest absolute Gasteiger partial charge is 0.390 e. The second kappa shape index (κ2) is 8.26. The predicted molar refractivity (Wildman–Crippen MR) is 100 cm³/mol.